The third-order valence-electron chi connectivity index (χ3n) is 1.90. The first-order valence-corrected chi connectivity index (χ1v) is 3.90. The van der Waals surface area contributed by atoms with E-state index in [9.17, 15) is 8.78 Å². The zero-order valence-corrected chi connectivity index (χ0v) is 7.04. The molecular formula is C9H5F2N3. The molecule has 0 unspecified atom stereocenters. The van der Waals surface area contributed by atoms with E-state index in [1.807, 2.05) is 6.07 Å². The lowest BCUT2D eigenvalue weighted by Gasteiger charge is -1.97. The number of nitrogens with zero attached hydrogens (tertiary/aromatic N) is 3. The highest BCUT2D eigenvalue weighted by Gasteiger charge is 2.08. The third kappa shape index (κ3) is 1.21. The Balaban J connectivity index is 2.69. The zero-order valence-electron chi connectivity index (χ0n) is 7.04. The largest absolute Gasteiger partial charge is 0.251 e. The molecule has 2 rings (SSSR count). The minimum Gasteiger partial charge on any atom is -0.251 e. The molecule has 5 heteroatoms. The molecule has 0 amide bonds. The van der Waals surface area contributed by atoms with Crippen LogP contribution in [0.15, 0.2) is 18.3 Å². The fourth-order valence-electron chi connectivity index (χ4n) is 1.27. The number of benzene rings is 1. The van der Waals surface area contributed by atoms with Crippen LogP contribution < -0.4 is 0 Å². The quantitative estimate of drug-likeness (QED) is 0.693. The van der Waals surface area contributed by atoms with Crippen LogP contribution in [0.1, 0.15) is 0 Å². The molecule has 0 aliphatic carbocycles. The van der Waals surface area contributed by atoms with Crippen molar-refractivity contribution in [2.24, 2.45) is 0 Å². The molecule has 0 spiro atoms. The fraction of sp³-hybridized carbons (Fsp3) is 0.111. The predicted molar refractivity (Wildman–Crippen MR) is 45.3 cm³/mol. The van der Waals surface area contributed by atoms with Crippen molar-refractivity contribution in [2.75, 3.05) is 0 Å². The number of nitriles is 1. The van der Waals surface area contributed by atoms with Crippen LogP contribution in [0.4, 0.5) is 8.78 Å². The number of hydrogen-bond acceptors (Lipinski definition) is 2. The topological polar surface area (TPSA) is 41.6 Å². The summed E-state index contributed by atoms with van der Waals surface area (Å²) >= 11 is 0. The summed E-state index contributed by atoms with van der Waals surface area (Å²) in [6.45, 7) is 0.0224. The first-order chi connectivity index (χ1) is 6.72. The van der Waals surface area contributed by atoms with Crippen molar-refractivity contribution in [3.05, 3.63) is 30.0 Å². The van der Waals surface area contributed by atoms with Crippen molar-refractivity contribution in [2.45, 2.75) is 6.54 Å². The normalized spacial score (nSPS) is 10.4. The fourth-order valence-corrected chi connectivity index (χ4v) is 1.27. The molecule has 70 valence electrons. The summed E-state index contributed by atoms with van der Waals surface area (Å²) < 4.78 is 26.9. The number of rotatable bonds is 1. The second-order valence-corrected chi connectivity index (χ2v) is 2.79. The van der Waals surface area contributed by atoms with Gasteiger partial charge in [-0.2, -0.15) is 10.4 Å². The van der Waals surface area contributed by atoms with Crippen LogP contribution in [-0.2, 0) is 6.54 Å². The smallest absolute Gasteiger partial charge is 0.161 e. The lowest BCUT2D eigenvalue weighted by atomic mass is 10.2. The summed E-state index contributed by atoms with van der Waals surface area (Å²) in [5.41, 5.74) is 0.422. The molecule has 0 radical (unpaired) electrons. The summed E-state index contributed by atoms with van der Waals surface area (Å²) in [4.78, 5) is 0. The summed E-state index contributed by atoms with van der Waals surface area (Å²) in [5, 5.41) is 12.8. The Morgan fingerprint density at radius 3 is 2.79 bits per heavy atom. The van der Waals surface area contributed by atoms with Gasteiger partial charge in [0.25, 0.3) is 0 Å². The van der Waals surface area contributed by atoms with Crippen LogP contribution >= 0.6 is 0 Å². The van der Waals surface area contributed by atoms with Crippen molar-refractivity contribution in [3.63, 3.8) is 0 Å². The van der Waals surface area contributed by atoms with Crippen LogP contribution in [0.3, 0.4) is 0 Å². The van der Waals surface area contributed by atoms with Gasteiger partial charge < -0.3 is 0 Å². The monoisotopic (exact) mass is 193 g/mol. The van der Waals surface area contributed by atoms with Gasteiger partial charge in [0.05, 0.1) is 17.8 Å². The van der Waals surface area contributed by atoms with Gasteiger partial charge in [-0.15, -0.1) is 0 Å². The number of halogens is 2. The van der Waals surface area contributed by atoms with Crippen LogP contribution in [0.2, 0.25) is 0 Å². The standard InChI is InChI=1S/C9H5F2N3/c10-7-3-6-5-13-14(2-1-12)9(6)4-8(7)11/h3-5H,2H2. The number of fused-ring (bicyclic) bond motifs is 1. The van der Waals surface area contributed by atoms with Crippen LogP contribution in [0.5, 0.6) is 0 Å². The van der Waals surface area contributed by atoms with E-state index in [0.717, 1.165) is 12.1 Å². The Labute approximate surface area is 78.2 Å². The predicted octanol–water partition coefficient (Wildman–Crippen LogP) is 1.84. The molecule has 0 aliphatic heterocycles. The summed E-state index contributed by atoms with van der Waals surface area (Å²) in [6.07, 6.45) is 1.40. The average molecular weight is 193 g/mol. The van der Waals surface area contributed by atoms with Crippen molar-refractivity contribution in [1.29, 1.82) is 5.26 Å². The molecule has 0 bridgehead atoms. The minimum absolute atomic E-state index is 0.0224. The Morgan fingerprint density at radius 2 is 2.07 bits per heavy atom. The average Bonchev–Trinajstić information content (AvgIpc) is 2.51. The molecule has 0 saturated carbocycles. The Kier molecular flexibility index (Phi) is 1.89. The van der Waals surface area contributed by atoms with E-state index >= 15 is 0 Å². The van der Waals surface area contributed by atoms with Crippen molar-refractivity contribution in [1.82, 2.24) is 9.78 Å². The SMILES string of the molecule is N#CCn1ncc2cc(F)c(F)cc21. The van der Waals surface area contributed by atoms with Gasteiger partial charge in [0.1, 0.15) is 6.54 Å². The van der Waals surface area contributed by atoms with E-state index in [1.165, 1.54) is 10.9 Å². The summed E-state index contributed by atoms with van der Waals surface area (Å²) in [7, 11) is 0. The highest BCUT2D eigenvalue weighted by atomic mass is 19.2. The lowest BCUT2D eigenvalue weighted by molar-refractivity contribution is 0.510. The third-order valence-corrected chi connectivity index (χ3v) is 1.90. The number of hydrogen-bond donors (Lipinski definition) is 0. The van der Waals surface area contributed by atoms with Crippen molar-refractivity contribution >= 4 is 10.9 Å². The maximum atomic E-state index is 12.8. The maximum absolute atomic E-state index is 12.8. The molecule has 0 fully saturated rings. The van der Waals surface area contributed by atoms with Crippen molar-refractivity contribution < 1.29 is 8.78 Å². The molecule has 0 atom stereocenters. The Morgan fingerprint density at radius 1 is 1.36 bits per heavy atom. The Bertz CT molecular complexity index is 525. The minimum atomic E-state index is -0.933. The van der Waals surface area contributed by atoms with Gasteiger partial charge in [-0.3, -0.25) is 4.68 Å². The first-order valence-electron chi connectivity index (χ1n) is 3.90. The van der Waals surface area contributed by atoms with Gasteiger partial charge in [-0.05, 0) is 6.07 Å². The van der Waals surface area contributed by atoms with Gasteiger partial charge in [0, 0.05) is 11.5 Å². The van der Waals surface area contributed by atoms with E-state index in [0.29, 0.717) is 10.9 Å². The van der Waals surface area contributed by atoms with Gasteiger partial charge in [0.15, 0.2) is 11.6 Å². The van der Waals surface area contributed by atoms with Gasteiger partial charge in [0.2, 0.25) is 0 Å². The molecule has 1 aromatic carbocycles. The molecule has 14 heavy (non-hydrogen) atoms. The lowest BCUT2D eigenvalue weighted by Crippen LogP contribution is -1.97. The molecule has 1 aromatic heterocycles. The second-order valence-electron chi connectivity index (χ2n) is 2.79. The van der Waals surface area contributed by atoms with Crippen LogP contribution in [0, 0.1) is 23.0 Å². The molecule has 0 saturated heterocycles. The molecule has 0 aliphatic rings. The summed E-state index contributed by atoms with van der Waals surface area (Å²) in [6, 6.07) is 3.98. The van der Waals surface area contributed by atoms with Crippen molar-refractivity contribution in [3.8, 4) is 6.07 Å². The molecule has 1 heterocycles. The van der Waals surface area contributed by atoms with Crippen LogP contribution in [-0.4, -0.2) is 9.78 Å². The van der Waals surface area contributed by atoms with E-state index in [4.69, 9.17) is 5.26 Å². The second kappa shape index (κ2) is 3.07. The number of aromatic nitrogens is 2. The van der Waals surface area contributed by atoms with Gasteiger partial charge in [-0.1, -0.05) is 0 Å². The van der Waals surface area contributed by atoms with E-state index < -0.39 is 11.6 Å². The summed E-state index contributed by atoms with van der Waals surface area (Å²) in [5.74, 6) is -1.84. The van der Waals surface area contributed by atoms with Gasteiger partial charge >= 0.3 is 0 Å². The highest BCUT2D eigenvalue weighted by Crippen LogP contribution is 2.17. The van der Waals surface area contributed by atoms with Gasteiger partial charge in [-0.25, -0.2) is 8.78 Å². The maximum Gasteiger partial charge on any atom is 0.161 e. The first kappa shape index (κ1) is 8.63. The zero-order chi connectivity index (χ0) is 10.1. The van der Waals surface area contributed by atoms with E-state index in [1.54, 1.807) is 0 Å². The molecule has 0 N–H and O–H groups in total. The molecular weight excluding hydrogens is 188 g/mol. The molecule has 3 nitrogen and oxygen atoms in total. The van der Waals surface area contributed by atoms with E-state index in [-0.39, 0.29) is 6.54 Å². The van der Waals surface area contributed by atoms with E-state index in [2.05, 4.69) is 5.10 Å². The highest BCUT2D eigenvalue weighted by molar-refractivity contribution is 5.78. The molecule has 2 aromatic rings. The Hall–Kier alpha value is -1.96. The van der Waals surface area contributed by atoms with Crippen LogP contribution in [0.25, 0.3) is 10.9 Å².